The average Bonchev–Trinajstić information content (AvgIpc) is 3.96. The Morgan fingerprint density at radius 3 is 2.66 bits per heavy atom. The number of rotatable bonds is 7. The van der Waals surface area contributed by atoms with Crippen molar-refractivity contribution in [3.8, 4) is 11.5 Å². The Kier molecular flexibility index (Phi) is 9.61. The van der Waals surface area contributed by atoms with E-state index in [0.717, 1.165) is 35.0 Å². The summed E-state index contributed by atoms with van der Waals surface area (Å²) >= 11 is 0. The first-order chi connectivity index (χ1) is 26.8. The average molecular weight is 788 g/mol. The fraction of sp³-hybridized carbons (Fsp3) is 0.550. The van der Waals surface area contributed by atoms with Gasteiger partial charge in [-0.2, -0.15) is 5.10 Å². The van der Waals surface area contributed by atoms with Crippen molar-refractivity contribution in [2.75, 3.05) is 13.7 Å². The molecule has 8 rings (SSSR count). The summed E-state index contributed by atoms with van der Waals surface area (Å²) in [7, 11) is -2.38. The lowest BCUT2D eigenvalue weighted by Gasteiger charge is -2.37. The molecule has 16 heteroatoms. The van der Waals surface area contributed by atoms with E-state index in [0.29, 0.717) is 62.9 Å². The molecule has 1 saturated heterocycles. The van der Waals surface area contributed by atoms with Gasteiger partial charge in [0, 0.05) is 29.5 Å². The molecule has 1 spiro atoms. The molecule has 3 fully saturated rings. The van der Waals surface area contributed by atoms with Crippen molar-refractivity contribution in [3.05, 3.63) is 59.6 Å². The van der Waals surface area contributed by atoms with Crippen molar-refractivity contribution < 1.29 is 37.1 Å². The van der Waals surface area contributed by atoms with Crippen LogP contribution in [0.4, 0.5) is 0 Å². The lowest BCUT2D eigenvalue weighted by molar-refractivity contribution is -0.141. The topological polar surface area (TPSA) is 202 Å². The number of aryl methyl sites for hydroxylation is 2. The zero-order chi connectivity index (χ0) is 39.5. The van der Waals surface area contributed by atoms with Crippen molar-refractivity contribution in [2.45, 2.75) is 119 Å². The maximum absolute atomic E-state index is 14.8. The minimum atomic E-state index is -3.99. The van der Waals surface area contributed by atoms with Gasteiger partial charge in [0.05, 0.1) is 29.6 Å². The highest BCUT2D eigenvalue weighted by Gasteiger charge is 2.64. The maximum atomic E-state index is 14.8. The molecule has 298 valence electrons. The Morgan fingerprint density at radius 1 is 1.11 bits per heavy atom. The third-order valence-corrected chi connectivity index (χ3v) is 14.6. The minimum Gasteiger partial charge on any atom is -0.497 e. The molecule has 3 aromatic rings. The first-order valence-corrected chi connectivity index (χ1v) is 21.1. The van der Waals surface area contributed by atoms with Gasteiger partial charge in [-0.1, -0.05) is 31.9 Å². The summed E-state index contributed by atoms with van der Waals surface area (Å²) in [6.45, 7) is 3.65. The van der Waals surface area contributed by atoms with Crippen LogP contribution in [0.25, 0.3) is 10.9 Å². The predicted molar refractivity (Wildman–Crippen MR) is 205 cm³/mol. The number of methoxy groups -OCH3 is 1. The highest BCUT2D eigenvalue weighted by Crippen LogP contribution is 2.49. The van der Waals surface area contributed by atoms with Gasteiger partial charge in [-0.25, -0.2) is 13.4 Å². The number of carbonyl (C=O) groups excluding carboxylic acids is 4. The number of fused-ring (bicyclic) bond motifs is 5. The SMILES string of the molecule is CCc1nc2ccc(OC)cc2c2c1O[C@]1(CC2)C[C@H]2C(=O)N[C@]3(C(=O)NS(=O)(=O)C4(C)CC4)C[C@H]3/C=C\CCCCC[C@H](NC(=O)c3ccn[nH]3)C(=O)N2C1. The summed E-state index contributed by atoms with van der Waals surface area (Å²) in [5.74, 6) is -1.42. The van der Waals surface area contributed by atoms with Crippen molar-refractivity contribution >= 4 is 44.6 Å². The van der Waals surface area contributed by atoms with E-state index in [-0.39, 0.29) is 25.1 Å². The molecular formula is C40H49N7O8S. The first kappa shape index (κ1) is 37.9. The second kappa shape index (κ2) is 14.2. The molecule has 2 aliphatic carbocycles. The highest BCUT2D eigenvalue weighted by atomic mass is 32.2. The van der Waals surface area contributed by atoms with Crippen LogP contribution in [0.15, 0.2) is 42.6 Å². The number of benzene rings is 1. The summed E-state index contributed by atoms with van der Waals surface area (Å²) in [6.07, 6.45) is 11.4. The number of hydrogen-bond acceptors (Lipinski definition) is 10. The summed E-state index contributed by atoms with van der Waals surface area (Å²) < 4.78 is 40.2. The minimum absolute atomic E-state index is 0.0500. The number of H-pyrrole nitrogens is 1. The second-order valence-electron chi connectivity index (χ2n) is 16.3. The number of nitrogens with one attached hydrogen (secondary N) is 4. The van der Waals surface area contributed by atoms with Gasteiger partial charge >= 0.3 is 0 Å². The van der Waals surface area contributed by atoms with Crippen LogP contribution in [0.5, 0.6) is 11.5 Å². The number of aromatic amines is 1. The van der Waals surface area contributed by atoms with E-state index >= 15 is 0 Å². The molecule has 5 heterocycles. The van der Waals surface area contributed by atoms with E-state index in [1.165, 1.54) is 17.2 Å². The Hall–Kier alpha value is -4.99. The molecule has 56 heavy (non-hydrogen) atoms. The van der Waals surface area contributed by atoms with Gasteiger partial charge in [0.1, 0.15) is 40.4 Å². The smallest absolute Gasteiger partial charge is 0.269 e. The van der Waals surface area contributed by atoms with Gasteiger partial charge in [0.15, 0.2) is 0 Å². The standard InChI is InChI=1S/C40H49N7O8S/c1-4-28-33-26(27-20-25(54-3)12-13-29(27)42-28)14-16-39(55-33)22-32-35(49)44-40(37(51)46-56(52,53)38(2)17-18-38)21-24(40)10-8-6-5-7-9-11-31(36(50)47(32)23-39)43-34(48)30-15-19-41-45-30/h8,10,12-13,15,19-20,24,31-32H,4-7,9,11,14,16-18,21-23H2,1-3H3,(H,41,45)(H,43,48)(H,44,49)(H,46,51)/b10-8-/t24-,31+,32+,39-,40-/m1/s1. The largest absolute Gasteiger partial charge is 0.497 e. The number of ether oxygens (including phenoxy) is 2. The summed E-state index contributed by atoms with van der Waals surface area (Å²) in [5.41, 5.74) is 0.256. The van der Waals surface area contributed by atoms with Crippen LogP contribution in [-0.2, 0) is 37.2 Å². The summed E-state index contributed by atoms with van der Waals surface area (Å²) in [4.78, 5) is 63.3. The molecular weight excluding hydrogens is 739 g/mol. The molecule has 4 N–H and O–H groups in total. The first-order valence-electron chi connectivity index (χ1n) is 19.7. The van der Waals surface area contributed by atoms with E-state index in [1.54, 1.807) is 14.0 Å². The molecule has 2 aromatic heterocycles. The van der Waals surface area contributed by atoms with Crippen LogP contribution in [0.2, 0.25) is 0 Å². The monoisotopic (exact) mass is 787 g/mol. The second-order valence-corrected chi connectivity index (χ2v) is 18.5. The molecule has 0 bridgehead atoms. The third-order valence-electron chi connectivity index (χ3n) is 12.5. The number of allylic oxidation sites excluding steroid dienone is 1. The van der Waals surface area contributed by atoms with Gasteiger partial charge in [-0.15, -0.1) is 0 Å². The summed E-state index contributed by atoms with van der Waals surface area (Å²) in [5, 5.41) is 13.3. The fourth-order valence-electron chi connectivity index (χ4n) is 8.56. The normalized spacial score (nSPS) is 29.1. The zero-order valence-electron chi connectivity index (χ0n) is 32.0. The highest BCUT2D eigenvalue weighted by molar-refractivity contribution is 7.91. The van der Waals surface area contributed by atoms with Gasteiger partial charge in [-0.3, -0.25) is 29.0 Å². The van der Waals surface area contributed by atoms with Crippen LogP contribution in [0.3, 0.4) is 0 Å². The third kappa shape index (κ3) is 6.79. The van der Waals surface area contributed by atoms with Gasteiger partial charge in [0.25, 0.3) is 11.8 Å². The van der Waals surface area contributed by atoms with Crippen LogP contribution in [-0.4, -0.2) is 93.8 Å². The molecule has 5 atom stereocenters. The predicted octanol–water partition coefficient (Wildman–Crippen LogP) is 3.39. The molecule has 1 aromatic carbocycles. The lowest BCUT2D eigenvalue weighted by atomic mass is 9.87. The zero-order valence-corrected chi connectivity index (χ0v) is 32.8. The number of nitrogens with zero attached hydrogens (tertiary/aromatic N) is 3. The van der Waals surface area contributed by atoms with Crippen LogP contribution in [0, 0.1) is 5.92 Å². The number of amides is 4. The van der Waals surface area contributed by atoms with Crippen molar-refractivity contribution in [1.82, 2.24) is 35.4 Å². The number of pyridine rings is 1. The van der Waals surface area contributed by atoms with E-state index in [1.807, 2.05) is 37.3 Å². The van der Waals surface area contributed by atoms with Gasteiger partial charge < -0.3 is 25.0 Å². The van der Waals surface area contributed by atoms with E-state index in [4.69, 9.17) is 14.5 Å². The van der Waals surface area contributed by atoms with E-state index in [2.05, 4.69) is 25.6 Å². The molecule has 2 saturated carbocycles. The number of aromatic nitrogens is 3. The molecule has 5 aliphatic rings. The molecule has 0 unspecified atom stereocenters. The molecule has 15 nitrogen and oxygen atoms in total. The molecule has 3 aliphatic heterocycles. The Bertz CT molecular complexity index is 2220. The Morgan fingerprint density at radius 2 is 1.93 bits per heavy atom. The van der Waals surface area contributed by atoms with Crippen LogP contribution in [0.1, 0.15) is 99.8 Å². The number of hydrogen-bond donors (Lipinski definition) is 4. The van der Waals surface area contributed by atoms with Gasteiger partial charge in [0.2, 0.25) is 21.8 Å². The van der Waals surface area contributed by atoms with Crippen LogP contribution < -0.4 is 24.8 Å². The summed E-state index contributed by atoms with van der Waals surface area (Å²) in [6, 6.07) is 5.20. The van der Waals surface area contributed by atoms with E-state index < -0.39 is 67.5 Å². The van der Waals surface area contributed by atoms with Gasteiger partial charge in [-0.05, 0) is 89.0 Å². The van der Waals surface area contributed by atoms with E-state index in [9.17, 15) is 27.6 Å². The number of sulfonamides is 1. The Labute approximate surface area is 325 Å². The molecule has 4 amide bonds. The van der Waals surface area contributed by atoms with Crippen molar-refractivity contribution in [3.63, 3.8) is 0 Å². The fourth-order valence-corrected chi connectivity index (χ4v) is 9.87. The molecule has 0 radical (unpaired) electrons. The van der Waals surface area contributed by atoms with Crippen molar-refractivity contribution in [1.29, 1.82) is 0 Å². The number of carbonyl (C=O) groups is 4. The lowest BCUT2D eigenvalue weighted by Crippen LogP contribution is -2.58. The van der Waals surface area contributed by atoms with Crippen LogP contribution >= 0.6 is 0 Å². The maximum Gasteiger partial charge on any atom is 0.269 e. The quantitative estimate of drug-likeness (QED) is 0.257. The Balaban J connectivity index is 1.15. The van der Waals surface area contributed by atoms with Crippen molar-refractivity contribution in [2.24, 2.45) is 5.92 Å².